The highest BCUT2D eigenvalue weighted by molar-refractivity contribution is 6.04. The highest BCUT2D eigenvalue weighted by Gasteiger charge is 2.06. The van der Waals surface area contributed by atoms with Gasteiger partial charge in [0, 0.05) is 11.3 Å². The number of amides is 1. The predicted octanol–water partition coefficient (Wildman–Crippen LogP) is 4.12. The van der Waals surface area contributed by atoms with Gasteiger partial charge in [0.2, 0.25) is 0 Å². The van der Waals surface area contributed by atoms with Crippen LogP contribution in [0.15, 0.2) is 48.5 Å². The maximum absolute atomic E-state index is 12.2. The Labute approximate surface area is 131 Å². The molecule has 116 valence electrons. The maximum atomic E-state index is 12.2. The minimum absolute atomic E-state index is 0.129. The summed E-state index contributed by atoms with van der Waals surface area (Å²) in [7, 11) is 0. The molecule has 4 nitrogen and oxygen atoms in total. The van der Waals surface area contributed by atoms with E-state index in [1.54, 1.807) is 24.3 Å². The van der Waals surface area contributed by atoms with Gasteiger partial charge in [-0.25, -0.2) is 0 Å². The van der Waals surface area contributed by atoms with Crippen LogP contribution in [-0.2, 0) is 0 Å². The largest absolute Gasteiger partial charge is 0.494 e. The van der Waals surface area contributed by atoms with Gasteiger partial charge in [0.25, 0.3) is 5.91 Å². The van der Waals surface area contributed by atoms with Crippen LogP contribution in [0.3, 0.4) is 0 Å². The zero-order chi connectivity index (χ0) is 15.9. The third kappa shape index (κ3) is 4.52. The normalized spacial score (nSPS) is 10.4. The van der Waals surface area contributed by atoms with Gasteiger partial charge < -0.3 is 14.8 Å². The van der Waals surface area contributed by atoms with Gasteiger partial charge in [0.1, 0.15) is 11.5 Å². The van der Waals surface area contributed by atoms with E-state index in [1.807, 2.05) is 45.0 Å². The van der Waals surface area contributed by atoms with E-state index in [4.69, 9.17) is 9.47 Å². The summed E-state index contributed by atoms with van der Waals surface area (Å²) >= 11 is 0. The fourth-order valence-corrected chi connectivity index (χ4v) is 1.96. The minimum atomic E-state index is -0.152. The van der Waals surface area contributed by atoms with Crippen molar-refractivity contribution in [2.45, 2.75) is 26.9 Å². The molecular weight excluding hydrogens is 278 g/mol. The SMILES string of the molecule is CCOc1ccc(C(=O)Nc2ccc(OC(C)C)cc2)cc1. The first-order valence-corrected chi connectivity index (χ1v) is 7.39. The van der Waals surface area contributed by atoms with Gasteiger partial charge in [-0.2, -0.15) is 0 Å². The van der Waals surface area contributed by atoms with Crippen LogP contribution in [0.5, 0.6) is 11.5 Å². The standard InChI is InChI=1S/C18H21NO3/c1-4-21-16-9-5-14(6-10-16)18(20)19-15-7-11-17(12-8-15)22-13(2)3/h5-13H,4H2,1-3H3,(H,19,20). The Bertz CT molecular complexity index is 603. The van der Waals surface area contributed by atoms with Crippen molar-refractivity contribution in [3.05, 3.63) is 54.1 Å². The Balaban J connectivity index is 1.99. The number of rotatable bonds is 6. The zero-order valence-electron chi connectivity index (χ0n) is 13.1. The molecule has 2 aromatic carbocycles. The van der Waals surface area contributed by atoms with E-state index in [-0.39, 0.29) is 12.0 Å². The Hall–Kier alpha value is -2.49. The fraction of sp³-hybridized carbons (Fsp3) is 0.278. The number of benzene rings is 2. The van der Waals surface area contributed by atoms with E-state index in [9.17, 15) is 4.79 Å². The van der Waals surface area contributed by atoms with Gasteiger partial charge >= 0.3 is 0 Å². The molecule has 1 N–H and O–H groups in total. The van der Waals surface area contributed by atoms with Crippen molar-refractivity contribution in [3.63, 3.8) is 0 Å². The molecule has 0 aliphatic heterocycles. The van der Waals surface area contributed by atoms with Crippen LogP contribution in [0.25, 0.3) is 0 Å². The maximum Gasteiger partial charge on any atom is 0.255 e. The molecule has 0 radical (unpaired) electrons. The summed E-state index contributed by atoms with van der Waals surface area (Å²) in [5.41, 5.74) is 1.32. The predicted molar refractivity (Wildman–Crippen MR) is 87.8 cm³/mol. The highest BCUT2D eigenvalue weighted by atomic mass is 16.5. The molecule has 0 spiro atoms. The molecule has 0 heterocycles. The third-order valence-corrected chi connectivity index (χ3v) is 2.91. The molecule has 0 atom stereocenters. The second-order valence-corrected chi connectivity index (χ2v) is 5.10. The molecule has 0 saturated carbocycles. The summed E-state index contributed by atoms with van der Waals surface area (Å²) in [4.78, 5) is 12.2. The smallest absolute Gasteiger partial charge is 0.255 e. The molecular formula is C18H21NO3. The average molecular weight is 299 g/mol. The van der Waals surface area contributed by atoms with Gasteiger partial charge in [-0.15, -0.1) is 0 Å². The summed E-state index contributed by atoms with van der Waals surface area (Å²) in [6, 6.07) is 14.4. The van der Waals surface area contributed by atoms with Crippen molar-refractivity contribution in [3.8, 4) is 11.5 Å². The average Bonchev–Trinajstić information content (AvgIpc) is 2.50. The van der Waals surface area contributed by atoms with Crippen molar-refractivity contribution >= 4 is 11.6 Å². The molecule has 22 heavy (non-hydrogen) atoms. The van der Waals surface area contributed by atoms with Gasteiger partial charge in [-0.05, 0) is 69.3 Å². The second-order valence-electron chi connectivity index (χ2n) is 5.10. The lowest BCUT2D eigenvalue weighted by atomic mass is 10.2. The van der Waals surface area contributed by atoms with E-state index in [0.717, 1.165) is 17.2 Å². The summed E-state index contributed by atoms with van der Waals surface area (Å²) in [5.74, 6) is 1.39. The molecule has 0 fully saturated rings. The van der Waals surface area contributed by atoms with E-state index in [0.29, 0.717) is 12.2 Å². The number of hydrogen-bond donors (Lipinski definition) is 1. The Morgan fingerprint density at radius 3 is 2.14 bits per heavy atom. The van der Waals surface area contributed by atoms with Crippen molar-refractivity contribution in [2.24, 2.45) is 0 Å². The zero-order valence-corrected chi connectivity index (χ0v) is 13.1. The molecule has 2 aromatic rings. The van der Waals surface area contributed by atoms with Crippen molar-refractivity contribution in [1.82, 2.24) is 0 Å². The van der Waals surface area contributed by atoms with Gasteiger partial charge in [0.15, 0.2) is 0 Å². The summed E-state index contributed by atoms with van der Waals surface area (Å²) in [6.07, 6.45) is 0.129. The van der Waals surface area contributed by atoms with Gasteiger partial charge in [-0.3, -0.25) is 4.79 Å². The Morgan fingerprint density at radius 1 is 1.00 bits per heavy atom. The monoisotopic (exact) mass is 299 g/mol. The molecule has 4 heteroatoms. The topological polar surface area (TPSA) is 47.6 Å². The first-order valence-electron chi connectivity index (χ1n) is 7.39. The molecule has 0 unspecified atom stereocenters. The fourth-order valence-electron chi connectivity index (χ4n) is 1.96. The number of ether oxygens (including phenoxy) is 2. The lowest BCUT2D eigenvalue weighted by Crippen LogP contribution is -2.12. The van der Waals surface area contributed by atoms with Crippen LogP contribution in [0.4, 0.5) is 5.69 Å². The number of carbonyl (C=O) groups is 1. The molecule has 0 aliphatic rings. The van der Waals surface area contributed by atoms with Crippen LogP contribution in [0.2, 0.25) is 0 Å². The molecule has 0 aromatic heterocycles. The van der Waals surface area contributed by atoms with E-state index < -0.39 is 0 Å². The number of hydrogen-bond acceptors (Lipinski definition) is 3. The van der Waals surface area contributed by atoms with Gasteiger partial charge in [0.05, 0.1) is 12.7 Å². The quantitative estimate of drug-likeness (QED) is 0.872. The van der Waals surface area contributed by atoms with Crippen LogP contribution in [0, 0.1) is 0 Å². The van der Waals surface area contributed by atoms with Gasteiger partial charge in [-0.1, -0.05) is 0 Å². The van der Waals surface area contributed by atoms with E-state index in [1.165, 1.54) is 0 Å². The van der Waals surface area contributed by atoms with Crippen LogP contribution in [-0.4, -0.2) is 18.6 Å². The summed E-state index contributed by atoms with van der Waals surface area (Å²) in [6.45, 7) is 6.48. The highest BCUT2D eigenvalue weighted by Crippen LogP contribution is 2.18. The first kappa shape index (κ1) is 15.9. The summed E-state index contributed by atoms with van der Waals surface area (Å²) < 4.78 is 10.9. The molecule has 0 saturated heterocycles. The van der Waals surface area contributed by atoms with Crippen molar-refractivity contribution in [1.29, 1.82) is 0 Å². The Morgan fingerprint density at radius 2 is 1.59 bits per heavy atom. The van der Waals surface area contributed by atoms with E-state index in [2.05, 4.69) is 5.32 Å². The molecule has 1 amide bonds. The van der Waals surface area contributed by atoms with Crippen LogP contribution in [0.1, 0.15) is 31.1 Å². The molecule has 0 aliphatic carbocycles. The van der Waals surface area contributed by atoms with Crippen molar-refractivity contribution < 1.29 is 14.3 Å². The van der Waals surface area contributed by atoms with E-state index >= 15 is 0 Å². The minimum Gasteiger partial charge on any atom is -0.494 e. The number of nitrogens with one attached hydrogen (secondary N) is 1. The lowest BCUT2D eigenvalue weighted by Gasteiger charge is -2.11. The second kappa shape index (κ2) is 7.50. The number of carbonyl (C=O) groups excluding carboxylic acids is 1. The molecule has 0 bridgehead atoms. The van der Waals surface area contributed by atoms with Crippen molar-refractivity contribution in [2.75, 3.05) is 11.9 Å². The van der Waals surface area contributed by atoms with Crippen LogP contribution < -0.4 is 14.8 Å². The lowest BCUT2D eigenvalue weighted by molar-refractivity contribution is 0.102. The first-order chi connectivity index (χ1) is 10.6. The van der Waals surface area contributed by atoms with Crippen LogP contribution >= 0.6 is 0 Å². The molecule has 2 rings (SSSR count). The summed E-state index contributed by atoms with van der Waals surface area (Å²) in [5, 5.41) is 2.85. The third-order valence-electron chi connectivity index (χ3n) is 2.91. The Kier molecular flexibility index (Phi) is 5.42. The number of anilines is 1.